The summed E-state index contributed by atoms with van der Waals surface area (Å²) in [6.07, 6.45) is 3.43. The van der Waals surface area contributed by atoms with Crippen molar-refractivity contribution in [1.29, 1.82) is 0 Å². The Labute approximate surface area is 171 Å². The molecule has 154 valence electrons. The molecular formula is C22H28N4O3. The standard InChI is InChI=1S/C22H28N4O3/c27-19-8-4-7-18-15-11-16(13-23-12-15)21(26(18)19)22(29)24-9-10-25(20(28)14-24)17-5-2-1-3-6-17/h1-3,5-6,15-16,18,21,23H,4,7-14H2/t15-,16+,18+,21-/m1/s1. The van der Waals surface area contributed by atoms with Gasteiger partial charge < -0.3 is 20.0 Å². The van der Waals surface area contributed by atoms with Crippen molar-refractivity contribution in [3.05, 3.63) is 30.3 Å². The molecule has 0 unspecified atom stereocenters. The van der Waals surface area contributed by atoms with Crippen LogP contribution in [0.3, 0.4) is 0 Å². The molecule has 7 heteroatoms. The largest absolute Gasteiger partial charge is 0.330 e. The molecule has 0 radical (unpaired) electrons. The number of para-hydroxylation sites is 1. The molecule has 3 amide bonds. The number of benzene rings is 1. The highest BCUT2D eigenvalue weighted by Crippen LogP contribution is 2.40. The second-order valence-electron chi connectivity index (χ2n) is 8.76. The first-order valence-corrected chi connectivity index (χ1v) is 10.8. The average molecular weight is 396 g/mol. The molecular weight excluding hydrogens is 368 g/mol. The molecule has 1 aromatic rings. The molecule has 4 aliphatic rings. The molecule has 29 heavy (non-hydrogen) atoms. The van der Waals surface area contributed by atoms with E-state index in [1.165, 1.54) is 0 Å². The SMILES string of the molecule is O=C([C@H]1[C@@H]2CNC[C@@H](C2)[C@@H]2CCCC(=O)N21)N1CCN(c2ccccc2)C(=O)C1. The number of carbonyl (C=O) groups is 3. The molecule has 4 saturated heterocycles. The summed E-state index contributed by atoms with van der Waals surface area (Å²) in [5.74, 6) is 0.595. The minimum atomic E-state index is -0.423. The van der Waals surface area contributed by atoms with Crippen molar-refractivity contribution in [3.63, 3.8) is 0 Å². The first-order chi connectivity index (χ1) is 14.1. The minimum Gasteiger partial charge on any atom is -0.330 e. The summed E-state index contributed by atoms with van der Waals surface area (Å²) in [5.41, 5.74) is 0.868. The van der Waals surface area contributed by atoms with E-state index in [2.05, 4.69) is 5.32 Å². The van der Waals surface area contributed by atoms with E-state index in [1.807, 2.05) is 35.2 Å². The number of hydrogen-bond acceptors (Lipinski definition) is 4. The van der Waals surface area contributed by atoms with E-state index in [0.717, 1.165) is 38.0 Å². The Morgan fingerprint density at radius 1 is 1.00 bits per heavy atom. The van der Waals surface area contributed by atoms with Crippen LogP contribution in [0.15, 0.2) is 30.3 Å². The Bertz CT molecular complexity index is 814. The van der Waals surface area contributed by atoms with Gasteiger partial charge in [-0.25, -0.2) is 0 Å². The number of nitrogens with zero attached hydrogens (tertiary/aromatic N) is 3. The molecule has 4 fully saturated rings. The zero-order valence-electron chi connectivity index (χ0n) is 16.6. The van der Waals surface area contributed by atoms with Gasteiger partial charge in [-0.15, -0.1) is 0 Å². The van der Waals surface area contributed by atoms with Crippen molar-refractivity contribution in [3.8, 4) is 0 Å². The van der Waals surface area contributed by atoms with E-state index in [0.29, 0.717) is 25.4 Å². The quantitative estimate of drug-likeness (QED) is 0.805. The summed E-state index contributed by atoms with van der Waals surface area (Å²) in [5, 5.41) is 3.48. The number of rotatable bonds is 2. The summed E-state index contributed by atoms with van der Waals surface area (Å²) in [4.78, 5) is 44.5. The molecule has 5 rings (SSSR count). The third-order valence-corrected chi connectivity index (χ3v) is 7.10. The number of piperidine rings is 3. The highest BCUT2D eigenvalue weighted by Gasteiger charge is 2.51. The second kappa shape index (κ2) is 7.44. The summed E-state index contributed by atoms with van der Waals surface area (Å²) < 4.78 is 0. The molecule has 2 bridgehead atoms. The van der Waals surface area contributed by atoms with Crippen LogP contribution in [-0.4, -0.2) is 72.3 Å². The Morgan fingerprint density at radius 2 is 1.79 bits per heavy atom. The number of amides is 3. The normalized spacial score (nSPS) is 32.2. The van der Waals surface area contributed by atoms with Crippen LogP contribution in [0, 0.1) is 11.8 Å². The molecule has 0 spiro atoms. The van der Waals surface area contributed by atoms with Crippen molar-refractivity contribution >= 4 is 23.4 Å². The van der Waals surface area contributed by atoms with Crippen molar-refractivity contribution in [2.24, 2.45) is 11.8 Å². The van der Waals surface area contributed by atoms with Gasteiger partial charge in [0.25, 0.3) is 0 Å². The van der Waals surface area contributed by atoms with E-state index >= 15 is 0 Å². The molecule has 0 aromatic heterocycles. The zero-order chi connectivity index (χ0) is 20.0. The molecule has 4 atom stereocenters. The maximum atomic E-state index is 13.6. The molecule has 1 aromatic carbocycles. The summed E-state index contributed by atoms with van der Waals surface area (Å²) >= 11 is 0. The van der Waals surface area contributed by atoms with Crippen LogP contribution in [0.2, 0.25) is 0 Å². The van der Waals surface area contributed by atoms with Gasteiger partial charge in [0.15, 0.2) is 0 Å². The van der Waals surface area contributed by atoms with Crippen LogP contribution in [0.4, 0.5) is 5.69 Å². The molecule has 1 N–H and O–H groups in total. The number of fused-ring (bicyclic) bond motifs is 4. The lowest BCUT2D eigenvalue weighted by atomic mass is 9.72. The number of nitrogens with one attached hydrogen (secondary N) is 1. The van der Waals surface area contributed by atoms with Crippen LogP contribution in [0.5, 0.6) is 0 Å². The van der Waals surface area contributed by atoms with Crippen LogP contribution in [-0.2, 0) is 14.4 Å². The van der Waals surface area contributed by atoms with Gasteiger partial charge in [-0.1, -0.05) is 18.2 Å². The zero-order valence-corrected chi connectivity index (χ0v) is 16.6. The average Bonchev–Trinajstić information content (AvgIpc) is 2.75. The van der Waals surface area contributed by atoms with Gasteiger partial charge in [-0.3, -0.25) is 14.4 Å². The van der Waals surface area contributed by atoms with E-state index < -0.39 is 6.04 Å². The summed E-state index contributed by atoms with van der Waals surface area (Å²) in [6, 6.07) is 9.33. The van der Waals surface area contributed by atoms with Crippen LogP contribution in [0.25, 0.3) is 0 Å². The number of piperazine rings is 1. The van der Waals surface area contributed by atoms with E-state index in [-0.39, 0.29) is 36.2 Å². The lowest BCUT2D eigenvalue weighted by Crippen LogP contribution is -2.69. The first-order valence-electron chi connectivity index (χ1n) is 10.8. The van der Waals surface area contributed by atoms with Crippen molar-refractivity contribution in [2.45, 2.75) is 37.8 Å². The Balaban J connectivity index is 1.35. The Hall–Kier alpha value is -2.41. The van der Waals surface area contributed by atoms with E-state index in [1.54, 1.807) is 9.80 Å². The van der Waals surface area contributed by atoms with Gasteiger partial charge in [0.1, 0.15) is 12.6 Å². The smallest absolute Gasteiger partial charge is 0.246 e. The number of hydrogen-bond donors (Lipinski definition) is 1. The Morgan fingerprint density at radius 3 is 2.59 bits per heavy atom. The highest BCUT2D eigenvalue weighted by molar-refractivity contribution is 5.99. The fourth-order valence-corrected chi connectivity index (χ4v) is 5.76. The number of carbonyl (C=O) groups excluding carboxylic acids is 3. The fraction of sp³-hybridized carbons (Fsp3) is 0.591. The van der Waals surface area contributed by atoms with Crippen molar-refractivity contribution < 1.29 is 14.4 Å². The predicted molar refractivity (Wildman–Crippen MR) is 108 cm³/mol. The van der Waals surface area contributed by atoms with Crippen molar-refractivity contribution in [1.82, 2.24) is 15.1 Å². The third-order valence-electron chi connectivity index (χ3n) is 7.10. The lowest BCUT2D eigenvalue weighted by molar-refractivity contribution is -0.162. The van der Waals surface area contributed by atoms with Gasteiger partial charge >= 0.3 is 0 Å². The molecule has 7 nitrogen and oxygen atoms in total. The monoisotopic (exact) mass is 396 g/mol. The second-order valence-corrected chi connectivity index (χ2v) is 8.76. The van der Waals surface area contributed by atoms with E-state index in [4.69, 9.17) is 0 Å². The van der Waals surface area contributed by atoms with Crippen LogP contribution >= 0.6 is 0 Å². The summed E-state index contributed by atoms with van der Waals surface area (Å²) in [7, 11) is 0. The molecule has 0 aliphatic carbocycles. The lowest BCUT2D eigenvalue weighted by Gasteiger charge is -2.54. The van der Waals surface area contributed by atoms with Gasteiger partial charge in [0.05, 0.1) is 0 Å². The molecule has 4 aliphatic heterocycles. The topological polar surface area (TPSA) is 73.0 Å². The van der Waals surface area contributed by atoms with Crippen LogP contribution < -0.4 is 10.2 Å². The summed E-state index contributed by atoms with van der Waals surface area (Å²) in [6.45, 7) is 2.78. The minimum absolute atomic E-state index is 0.0431. The van der Waals surface area contributed by atoms with Crippen molar-refractivity contribution in [2.75, 3.05) is 37.6 Å². The number of anilines is 1. The fourth-order valence-electron chi connectivity index (χ4n) is 5.76. The first kappa shape index (κ1) is 18.6. The van der Waals surface area contributed by atoms with Gasteiger partial charge in [0.2, 0.25) is 17.7 Å². The predicted octanol–water partition coefficient (Wildman–Crippen LogP) is 0.851. The molecule has 4 heterocycles. The van der Waals surface area contributed by atoms with Crippen LogP contribution in [0.1, 0.15) is 25.7 Å². The maximum absolute atomic E-state index is 13.6. The Kier molecular flexibility index (Phi) is 4.78. The third kappa shape index (κ3) is 3.21. The maximum Gasteiger partial charge on any atom is 0.246 e. The van der Waals surface area contributed by atoms with Gasteiger partial charge in [-0.2, -0.15) is 0 Å². The highest BCUT2D eigenvalue weighted by atomic mass is 16.2. The van der Waals surface area contributed by atoms with E-state index in [9.17, 15) is 14.4 Å². The molecule has 0 saturated carbocycles. The van der Waals surface area contributed by atoms with Gasteiger partial charge in [-0.05, 0) is 43.9 Å². The van der Waals surface area contributed by atoms with Gasteiger partial charge in [0, 0.05) is 43.7 Å².